The first-order chi connectivity index (χ1) is 16.5. The maximum atomic E-state index is 13.5. The molecule has 2 aliphatic rings. The molecule has 1 saturated carbocycles. The monoisotopic (exact) mass is 471 g/mol. The van der Waals surface area contributed by atoms with Gasteiger partial charge in [-0.3, -0.25) is 19.1 Å². The van der Waals surface area contributed by atoms with E-state index in [4.69, 9.17) is 14.5 Å². The number of ether oxygens (including phenoxy) is 2. The summed E-state index contributed by atoms with van der Waals surface area (Å²) in [5.74, 6) is 1.23. The summed E-state index contributed by atoms with van der Waals surface area (Å²) < 4.78 is 12.8. The van der Waals surface area contributed by atoms with Crippen molar-refractivity contribution < 1.29 is 14.3 Å². The molecule has 2 aromatic heterocycles. The van der Waals surface area contributed by atoms with Gasteiger partial charge in [0, 0.05) is 31.6 Å². The molecule has 1 aliphatic heterocycles. The molecule has 9 heteroatoms. The van der Waals surface area contributed by atoms with Crippen molar-refractivity contribution in [3.63, 3.8) is 0 Å². The average Bonchev–Trinajstić information content (AvgIpc) is 2.84. The van der Waals surface area contributed by atoms with Crippen LogP contribution in [0.3, 0.4) is 0 Å². The van der Waals surface area contributed by atoms with Crippen molar-refractivity contribution in [3.05, 3.63) is 28.4 Å². The van der Waals surface area contributed by atoms with Crippen molar-refractivity contribution >= 4 is 16.9 Å². The molecule has 0 radical (unpaired) electrons. The number of amides is 1. The van der Waals surface area contributed by atoms with Gasteiger partial charge in [0.1, 0.15) is 18.1 Å². The van der Waals surface area contributed by atoms with Gasteiger partial charge in [-0.25, -0.2) is 9.97 Å². The number of morpholine rings is 1. The Hall–Kier alpha value is -2.52. The van der Waals surface area contributed by atoms with Crippen molar-refractivity contribution in [1.82, 2.24) is 24.8 Å². The molecule has 0 unspecified atom stereocenters. The SMILES string of the molecule is CC(C)NC(=O)Cn1c(C2CCCCC2)nc2ncc(OCCCN3CCOCC3)cc2c1=O. The highest BCUT2D eigenvalue weighted by Gasteiger charge is 2.24. The summed E-state index contributed by atoms with van der Waals surface area (Å²) in [6.45, 7) is 8.77. The molecule has 0 aromatic carbocycles. The maximum absolute atomic E-state index is 13.5. The van der Waals surface area contributed by atoms with Crippen LogP contribution in [0.5, 0.6) is 5.75 Å². The van der Waals surface area contributed by atoms with Gasteiger partial charge in [-0.15, -0.1) is 0 Å². The van der Waals surface area contributed by atoms with Crippen LogP contribution in [0.15, 0.2) is 17.1 Å². The zero-order valence-electron chi connectivity index (χ0n) is 20.4. The third-order valence-corrected chi connectivity index (χ3v) is 6.53. The minimum atomic E-state index is -0.226. The number of hydrogen-bond donors (Lipinski definition) is 1. The molecule has 0 atom stereocenters. The Balaban J connectivity index is 1.53. The molecule has 0 spiro atoms. The smallest absolute Gasteiger partial charge is 0.263 e. The maximum Gasteiger partial charge on any atom is 0.263 e. The van der Waals surface area contributed by atoms with Crippen LogP contribution < -0.4 is 15.6 Å². The molecular weight excluding hydrogens is 434 g/mol. The predicted molar refractivity (Wildman–Crippen MR) is 130 cm³/mol. The molecule has 9 nitrogen and oxygen atoms in total. The highest BCUT2D eigenvalue weighted by Crippen LogP contribution is 2.31. The number of carbonyl (C=O) groups excluding carboxylic acids is 1. The molecule has 4 rings (SSSR count). The van der Waals surface area contributed by atoms with E-state index in [-0.39, 0.29) is 30.0 Å². The second-order valence-corrected chi connectivity index (χ2v) is 9.62. The van der Waals surface area contributed by atoms with Crippen LogP contribution in [-0.4, -0.2) is 70.8 Å². The van der Waals surface area contributed by atoms with Crippen LogP contribution in [0.4, 0.5) is 0 Å². The number of aromatic nitrogens is 3. The van der Waals surface area contributed by atoms with Gasteiger partial charge in [0.2, 0.25) is 5.91 Å². The summed E-state index contributed by atoms with van der Waals surface area (Å²) in [6, 6.07) is 1.72. The van der Waals surface area contributed by atoms with Gasteiger partial charge in [-0.05, 0) is 39.2 Å². The summed E-state index contributed by atoms with van der Waals surface area (Å²) >= 11 is 0. The number of hydrogen-bond acceptors (Lipinski definition) is 7. The van der Waals surface area contributed by atoms with Crippen LogP contribution in [0, 0.1) is 0 Å². The first-order valence-corrected chi connectivity index (χ1v) is 12.6. The number of nitrogens with one attached hydrogen (secondary N) is 1. The molecule has 3 heterocycles. The van der Waals surface area contributed by atoms with Crippen molar-refractivity contribution in [3.8, 4) is 5.75 Å². The van der Waals surface area contributed by atoms with E-state index < -0.39 is 0 Å². The summed E-state index contributed by atoms with van der Waals surface area (Å²) in [5, 5.41) is 3.28. The lowest BCUT2D eigenvalue weighted by molar-refractivity contribution is -0.122. The molecule has 0 bridgehead atoms. The Kier molecular flexibility index (Phi) is 8.50. The quantitative estimate of drug-likeness (QED) is 0.561. The molecular formula is C25H37N5O4. The van der Waals surface area contributed by atoms with Crippen LogP contribution in [0.25, 0.3) is 11.0 Å². The summed E-state index contributed by atoms with van der Waals surface area (Å²) in [4.78, 5) is 37.7. The number of rotatable bonds is 9. The first kappa shape index (κ1) is 24.6. The number of pyridine rings is 1. The highest BCUT2D eigenvalue weighted by molar-refractivity contribution is 5.78. The van der Waals surface area contributed by atoms with Gasteiger partial charge in [0.05, 0.1) is 31.4 Å². The van der Waals surface area contributed by atoms with Gasteiger partial charge in [-0.2, -0.15) is 0 Å². The minimum Gasteiger partial charge on any atom is -0.492 e. The molecule has 1 N–H and O–H groups in total. The molecule has 1 saturated heterocycles. The predicted octanol–water partition coefficient (Wildman–Crippen LogP) is 2.46. The summed E-state index contributed by atoms with van der Waals surface area (Å²) in [6.07, 6.45) is 7.91. The molecule has 2 fully saturated rings. The van der Waals surface area contributed by atoms with E-state index in [0.29, 0.717) is 29.2 Å². The van der Waals surface area contributed by atoms with Gasteiger partial charge < -0.3 is 14.8 Å². The molecule has 34 heavy (non-hydrogen) atoms. The van der Waals surface area contributed by atoms with E-state index in [0.717, 1.165) is 65.0 Å². The van der Waals surface area contributed by atoms with Crippen molar-refractivity contribution in [2.24, 2.45) is 0 Å². The second-order valence-electron chi connectivity index (χ2n) is 9.62. The third-order valence-electron chi connectivity index (χ3n) is 6.53. The van der Waals surface area contributed by atoms with E-state index in [2.05, 4.69) is 15.2 Å². The van der Waals surface area contributed by atoms with Gasteiger partial charge in [-0.1, -0.05) is 19.3 Å². The Labute approximate surface area is 200 Å². The molecule has 2 aromatic rings. The Morgan fingerprint density at radius 2 is 2.00 bits per heavy atom. The van der Waals surface area contributed by atoms with Crippen LogP contribution in [-0.2, 0) is 16.1 Å². The number of fused-ring (bicyclic) bond motifs is 1. The molecule has 186 valence electrons. The molecule has 1 aliphatic carbocycles. The van der Waals surface area contributed by atoms with E-state index in [1.54, 1.807) is 16.8 Å². The minimum absolute atomic E-state index is 0.00822. The fourth-order valence-electron chi connectivity index (χ4n) is 4.82. The van der Waals surface area contributed by atoms with Gasteiger partial charge >= 0.3 is 0 Å². The lowest BCUT2D eigenvalue weighted by Crippen LogP contribution is -2.38. The Bertz CT molecular complexity index is 1030. The first-order valence-electron chi connectivity index (χ1n) is 12.6. The number of carbonyl (C=O) groups is 1. The number of nitrogens with zero attached hydrogens (tertiary/aromatic N) is 4. The highest BCUT2D eigenvalue weighted by atomic mass is 16.5. The Morgan fingerprint density at radius 3 is 2.74 bits per heavy atom. The van der Waals surface area contributed by atoms with E-state index in [9.17, 15) is 9.59 Å². The van der Waals surface area contributed by atoms with Crippen molar-refractivity contribution in [2.45, 2.75) is 70.9 Å². The summed E-state index contributed by atoms with van der Waals surface area (Å²) in [5.41, 5.74) is 0.197. The fraction of sp³-hybridized carbons (Fsp3) is 0.680. The van der Waals surface area contributed by atoms with Crippen molar-refractivity contribution in [2.75, 3.05) is 39.5 Å². The zero-order chi connectivity index (χ0) is 23.9. The normalized spacial score (nSPS) is 17.9. The topological polar surface area (TPSA) is 98.6 Å². The Morgan fingerprint density at radius 1 is 1.24 bits per heavy atom. The van der Waals surface area contributed by atoms with Crippen LogP contribution in [0.1, 0.15) is 64.1 Å². The second kappa shape index (κ2) is 11.8. The van der Waals surface area contributed by atoms with Gasteiger partial charge in [0.15, 0.2) is 5.65 Å². The standard InChI is InChI=1S/C25H37N5O4/c1-18(2)27-22(31)17-30-24(19-7-4-3-5-8-19)28-23-21(25(30)32)15-20(16-26-23)34-12-6-9-29-10-13-33-14-11-29/h15-16,18-19H,3-14,17H2,1-2H3,(H,27,31). The molecule has 1 amide bonds. The van der Waals surface area contributed by atoms with Gasteiger partial charge in [0.25, 0.3) is 5.56 Å². The fourth-order valence-corrected chi connectivity index (χ4v) is 4.82. The van der Waals surface area contributed by atoms with E-state index in [1.165, 1.54) is 6.42 Å². The van der Waals surface area contributed by atoms with Crippen molar-refractivity contribution in [1.29, 1.82) is 0 Å². The largest absolute Gasteiger partial charge is 0.492 e. The van der Waals surface area contributed by atoms with E-state index >= 15 is 0 Å². The zero-order valence-corrected chi connectivity index (χ0v) is 20.4. The van der Waals surface area contributed by atoms with Crippen LogP contribution >= 0.6 is 0 Å². The third kappa shape index (κ3) is 6.33. The van der Waals surface area contributed by atoms with Crippen LogP contribution in [0.2, 0.25) is 0 Å². The average molecular weight is 472 g/mol. The lowest BCUT2D eigenvalue weighted by Gasteiger charge is -2.26. The summed E-state index contributed by atoms with van der Waals surface area (Å²) in [7, 11) is 0. The van der Waals surface area contributed by atoms with E-state index in [1.807, 2.05) is 13.8 Å². The lowest BCUT2D eigenvalue weighted by atomic mass is 9.88.